The number of nitrogens with zero attached hydrogens (tertiary/aromatic N) is 1. The second-order valence-corrected chi connectivity index (χ2v) is 9.56. The molecule has 0 radical (unpaired) electrons. The predicted molar refractivity (Wildman–Crippen MR) is 141 cm³/mol. The molecule has 0 saturated carbocycles. The number of benzene rings is 3. The molecule has 1 aliphatic heterocycles. The molecule has 36 heavy (non-hydrogen) atoms. The summed E-state index contributed by atoms with van der Waals surface area (Å²) in [5, 5.41) is 12.5. The van der Waals surface area contributed by atoms with Crippen molar-refractivity contribution < 1.29 is 19.4 Å². The van der Waals surface area contributed by atoms with E-state index in [0.717, 1.165) is 17.7 Å². The standard InChI is InChI=1S/C29H30N2O4.ClH/c32-27(33)18-29(14-16-31(17-15-29)19-21-8-2-1-3-9-21)30-28(34)35-20-26-24-12-6-4-10-22(24)23-11-5-7-13-25(23)26;/h1-13,26H,14-20H2,(H,30,34)(H,32,33);1H. The molecule has 1 aliphatic carbocycles. The molecule has 5 rings (SSSR count). The summed E-state index contributed by atoms with van der Waals surface area (Å²) in [5.74, 6) is -0.947. The molecule has 1 amide bonds. The Kier molecular flexibility index (Phi) is 7.97. The fourth-order valence-corrected chi connectivity index (χ4v) is 5.47. The summed E-state index contributed by atoms with van der Waals surface area (Å²) in [6, 6.07) is 26.6. The maximum atomic E-state index is 12.9. The maximum Gasteiger partial charge on any atom is 0.407 e. The van der Waals surface area contributed by atoms with Crippen molar-refractivity contribution >= 4 is 24.5 Å². The van der Waals surface area contributed by atoms with Crippen LogP contribution in [0.15, 0.2) is 78.9 Å². The summed E-state index contributed by atoms with van der Waals surface area (Å²) in [6.45, 7) is 2.45. The van der Waals surface area contributed by atoms with Crippen LogP contribution in [0.2, 0.25) is 0 Å². The molecule has 0 atom stereocenters. The first kappa shape index (κ1) is 25.7. The monoisotopic (exact) mass is 506 g/mol. The van der Waals surface area contributed by atoms with Gasteiger partial charge in [-0.05, 0) is 40.7 Å². The van der Waals surface area contributed by atoms with Gasteiger partial charge in [-0.3, -0.25) is 9.69 Å². The van der Waals surface area contributed by atoms with Gasteiger partial charge in [0.1, 0.15) is 6.61 Å². The SMILES string of the molecule is Cl.O=C(O)CC1(NC(=O)OCC2c3ccccc3-c3ccccc32)CCN(Cc2ccccc2)CC1. The van der Waals surface area contributed by atoms with Crippen LogP contribution in [-0.2, 0) is 16.1 Å². The lowest BCUT2D eigenvalue weighted by molar-refractivity contribution is -0.139. The number of hydrogen-bond donors (Lipinski definition) is 2. The molecule has 0 spiro atoms. The molecule has 0 unspecified atom stereocenters. The quantitative estimate of drug-likeness (QED) is 0.445. The summed E-state index contributed by atoms with van der Waals surface area (Å²) in [7, 11) is 0. The minimum Gasteiger partial charge on any atom is -0.481 e. The Morgan fingerprint density at radius 1 is 0.889 bits per heavy atom. The number of nitrogens with one attached hydrogen (secondary N) is 1. The van der Waals surface area contributed by atoms with Gasteiger partial charge in [0, 0.05) is 25.6 Å². The molecule has 1 fully saturated rings. The fraction of sp³-hybridized carbons (Fsp3) is 0.310. The van der Waals surface area contributed by atoms with Crippen LogP contribution in [0, 0.1) is 0 Å². The average Bonchev–Trinajstić information content (AvgIpc) is 3.18. The van der Waals surface area contributed by atoms with Gasteiger partial charge in [-0.15, -0.1) is 12.4 Å². The van der Waals surface area contributed by atoms with Gasteiger partial charge >= 0.3 is 12.1 Å². The van der Waals surface area contributed by atoms with Crippen molar-refractivity contribution in [3.8, 4) is 11.1 Å². The van der Waals surface area contributed by atoms with Crippen LogP contribution in [0.1, 0.15) is 41.9 Å². The molecule has 2 aliphatic rings. The number of carboxylic acid groups (broad SMARTS) is 1. The zero-order chi connectivity index (χ0) is 24.3. The Labute approximate surface area is 217 Å². The summed E-state index contributed by atoms with van der Waals surface area (Å²) in [4.78, 5) is 26.9. The fourth-order valence-electron chi connectivity index (χ4n) is 5.47. The van der Waals surface area contributed by atoms with Crippen LogP contribution >= 0.6 is 12.4 Å². The van der Waals surface area contributed by atoms with E-state index in [1.165, 1.54) is 16.7 Å². The Bertz CT molecular complexity index is 1160. The molecule has 0 bridgehead atoms. The minimum absolute atomic E-state index is 0. The smallest absolute Gasteiger partial charge is 0.407 e. The van der Waals surface area contributed by atoms with E-state index in [2.05, 4.69) is 46.6 Å². The van der Waals surface area contributed by atoms with E-state index in [-0.39, 0.29) is 31.4 Å². The van der Waals surface area contributed by atoms with Crippen molar-refractivity contribution in [3.05, 3.63) is 95.6 Å². The molecule has 2 N–H and O–H groups in total. The topological polar surface area (TPSA) is 78.9 Å². The van der Waals surface area contributed by atoms with E-state index in [1.54, 1.807) is 0 Å². The average molecular weight is 507 g/mol. The highest BCUT2D eigenvalue weighted by molar-refractivity contribution is 5.85. The number of fused-ring (bicyclic) bond motifs is 3. The van der Waals surface area contributed by atoms with Crippen LogP contribution in [0.25, 0.3) is 11.1 Å². The van der Waals surface area contributed by atoms with Crippen molar-refractivity contribution in [1.29, 1.82) is 0 Å². The molecule has 1 heterocycles. The van der Waals surface area contributed by atoms with Crippen molar-refractivity contribution in [2.45, 2.75) is 37.3 Å². The number of hydrogen-bond acceptors (Lipinski definition) is 4. The Balaban J connectivity index is 0.00000304. The first-order valence-corrected chi connectivity index (χ1v) is 12.1. The van der Waals surface area contributed by atoms with Gasteiger partial charge in [0.2, 0.25) is 0 Å². The van der Waals surface area contributed by atoms with Gasteiger partial charge in [-0.1, -0.05) is 78.9 Å². The molecule has 6 nitrogen and oxygen atoms in total. The van der Waals surface area contributed by atoms with Crippen LogP contribution in [0.5, 0.6) is 0 Å². The number of carboxylic acids is 1. The van der Waals surface area contributed by atoms with Crippen molar-refractivity contribution in [2.75, 3.05) is 19.7 Å². The van der Waals surface area contributed by atoms with Gasteiger partial charge in [0.05, 0.1) is 12.0 Å². The van der Waals surface area contributed by atoms with Crippen molar-refractivity contribution in [1.82, 2.24) is 10.2 Å². The number of carbonyl (C=O) groups excluding carboxylic acids is 1. The van der Waals surface area contributed by atoms with E-state index in [9.17, 15) is 14.7 Å². The first-order valence-electron chi connectivity index (χ1n) is 12.1. The predicted octanol–water partition coefficient (Wildman–Crippen LogP) is 5.46. The minimum atomic E-state index is -0.916. The number of amides is 1. The van der Waals surface area contributed by atoms with E-state index in [4.69, 9.17) is 4.74 Å². The highest BCUT2D eigenvalue weighted by Crippen LogP contribution is 2.44. The first-order chi connectivity index (χ1) is 17.0. The summed E-state index contributed by atoms with van der Waals surface area (Å²) >= 11 is 0. The van der Waals surface area contributed by atoms with Crippen LogP contribution in [-0.4, -0.2) is 47.3 Å². The number of carbonyl (C=O) groups is 2. The summed E-state index contributed by atoms with van der Waals surface area (Å²) in [5.41, 5.74) is 5.06. The molecular formula is C29H31ClN2O4. The van der Waals surface area contributed by atoms with E-state index in [1.807, 2.05) is 42.5 Å². The van der Waals surface area contributed by atoms with Gasteiger partial charge < -0.3 is 15.2 Å². The van der Waals surface area contributed by atoms with Crippen molar-refractivity contribution in [2.24, 2.45) is 0 Å². The second kappa shape index (κ2) is 11.1. The maximum absolute atomic E-state index is 12.9. The molecular weight excluding hydrogens is 476 g/mol. The third-order valence-corrected chi connectivity index (χ3v) is 7.26. The largest absolute Gasteiger partial charge is 0.481 e. The molecule has 3 aromatic carbocycles. The molecule has 1 saturated heterocycles. The Hall–Kier alpha value is -3.35. The number of piperidine rings is 1. The van der Waals surface area contributed by atoms with Crippen LogP contribution < -0.4 is 5.32 Å². The highest BCUT2D eigenvalue weighted by atomic mass is 35.5. The normalized spacial score (nSPS) is 16.3. The number of halogens is 1. The van der Waals surface area contributed by atoms with Crippen molar-refractivity contribution in [3.63, 3.8) is 0 Å². The number of aliphatic carboxylic acids is 1. The van der Waals surface area contributed by atoms with Gasteiger partial charge in [-0.25, -0.2) is 4.79 Å². The van der Waals surface area contributed by atoms with E-state index >= 15 is 0 Å². The molecule has 0 aromatic heterocycles. The molecule has 7 heteroatoms. The van der Waals surface area contributed by atoms with Gasteiger partial charge in [0.25, 0.3) is 0 Å². The van der Waals surface area contributed by atoms with E-state index in [0.29, 0.717) is 25.9 Å². The number of likely N-dealkylation sites (tertiary alicyclic amines) is 1. The third kappa shape index (κ3) is 5.55. The number of rotatable bonds is 7. The van der Waals surface area contributed by atoms with Crippen LogP contribution in [0.4, 0.5) is 4.79 Å². The lowest BCUT2D eigenvalue weighted by Gasteiger charge is -2.41. The number of alkyl carbamates (subject to hydrolysis) is 1. The Morgan fingerprint density at radius 2 is 1.44 bits per heavy atom. The second-order valence-electron chi connectivity index (χ2n) is 9.56. The lowest BCUT2D eigenvalue weighted by atomic mass is 9.84. The lowest BCUT2D eigenvalue weighted by Crippen LogP contribution is -2.56. The number of ether oxygens (including phenoxy) is 1. The van der Waals surface area contributed by atoms with Gasteiger partial charge in [-0.2, -0.15) is 0 Å². The highest BCUT2D eigenvalue weighted by Gasteiger charge is 2.39. The zero-order valence-electron chi connectivity index (χ0n) is 20.1. The van der Waals surface area contributed by atoms with E-state index < -0.39 is 17.6 Å². The Morgan fingerprint density at radius 3 is 2.03 bits per heavy atom. The van der Waals surface area contributed by atoms with Crippen LogP contribution in [0.3, 0.4) is 0 Å². The summed E-state index contributed by atoms with van der Waals surface area (Å²) < 4.78 is 5.71. The molecule has 3 aromatic rings. The summed E-state index contributed by atoms with van der Waals surface area (Å²) in [6.07, 6.45) is 0.466. The van der Waals surface area contributed by atoms with Gasteiger partial charge in [0.15, 0.2) is 0 Å². The third-order valence-electron chi connectivity index (χ3n) is 7.26. The molecule has 188 valence electrons. The zero-order valence-corrected chi connectivity index (χ0v) is 20.9.